The second-order valence-electron chi connectivity index (χ2n) is 4.19. The third-order valence-corrected chi connectivity index (χ3v) is 3.30. The molecule has 0 spiro atoms. The van der Waals surface area contributed by atoms with Crippen LogP contribution in [0.25, 0.3) is 0 Å². The fourth-order valence-corrected chi connectivity index (χ4v) is 2.06. The molecule has 0 heterocycles. The summed E-state index contributed by atoms with van der Waals surface area (Å²) in [4.78, 5) is 22.7. The lowest BCUT2D eigenvalue weighted by Gasteiger charge is -2.12. The molecular formula is C12H12BrNO2. The van der Waals surface area contributed by atoms with Gasteiger partial charge in [-0.3, -0.25) is 4.79 Å². The number of halogens is 1. The van der Waals surface area contributed by atoms with Crippen LogP contribution in [0.5, 0.6) is 0 Å². The van der Waals surface area contributed by atoms with Crippen LogP contribution in [-0.4, -0.2) is 17.7 Å². The van der Waals surface area contributed by atoms with E-state index in [1.54, 1.807) is 6.07 Å². The fourth-order valence-electron chi connectivity index (χ4n) is 1.58. The standard InChI is InChI=1S/C12H12BrNO2/c1-8-6-9(13)2-3-10(8)11(16)14-12(7-15)4-5-12/h2-3,6-7H,4-5H2,1H3,(H,14,16). The van der Waals surface area contributed by atoms with Crippen LogP contribution in [-0.2, 0) is 4.79 Å². The summed E-state index contributed by atoms with van der Waals surface area (Å²) >= 11 is 3.34. The molecule has 0 saturated heterocycles. The lowest BCUT2D eigenvalue weighted by molar-refractivity contribution is -0.110. The number of carbonyl (C=O) groups is 2. The molecule has 1 fully saturated rings. The Bertz CT molecular complexity index is 452. The summed E-state index contributed by atoms with van der Waals surface area (Å²) in [7, 11) is 0. The van der Waals surface area contributed by atoms with Gasteiger partial charge < -0.3 is 10.1 Å². The number of hydrogen-bond donors (Lipinski definition) is 1. The fraction of sp³-hybridized carbons (Fsp3) is 0.333. The van der Waals surface area contributed by atoms with E-state index in [0.29, 0.717) is 5.56 Å². The molecule has 84 valence electrons. The van der Waals surface area contributed by atoms with Gasteiger partial charge in [-0.25, -0.2) is 0 Å². The molecule has 16 heavy (non-hydrogen) atoms. The van der Waals surface area contributed by atoms with E-state index in [1.165, 1.54) is 0 Å². The lowest BCUT2D eigenvalue weighted by atomic mass is 10.1. The summed E-state index contributed by atoms with van der Waals surface area (Å²) in [5, 5.41) is 2.77. The van der Waals surface area contributed by atoms with Crippen LogP contribution in [0.2, 0.25) is 0 Å². The van der Waals surface area contributed by atoms with Crippen LogP contribution in [0.3, 0.4) is 0 Å². The van der Waals surface area contributed by atoms with Crippen molar-refractivity contribution in [2.75, 3.05) is 0 Å². The van der Waals surface area contributed by atoms with Crippen LogP contribution < -0.4 is 5.32 Å². The highest BCUT2D eigenvalue weighted by Gasteiger charge is 2.44. The van der Waals surface area contributed by atoms with E-state index in [2.05, 4.69) is 21.2 Å². The number of carbonyl (C=O) groups excluding carboxylic acids is 2. The third-order valence-electron chi connectivity index (χ3n) is 2.81. The van der Waals surface area contributed by atoms with Crippen molar-refractivity contribution in [1.29, 1.82) is 0 Å². The molecule has 3 nitrogen and oxygen atoms in total. The maximum absolute atomic E-state index is 11.9. The quantitative estimate of drug-likeness (QED) is 0.864. The van der Waals surface area contributed by atoms with Gasteiger partial charge in [0.05, 0.1) is 5.54 Å². The first kappa shape index (κ1) is 11.3. The van der Waals surface area contributed by atoms with Crippen molar-refractivity contribution in [3.63, 3.8) is 0 Å². The molecular weight excluding hydrogens is 270 g/mol. The number of nitrogens with one attached hydrogen (secondary N) is 1. The first-order valence-corrected chi connectivity index (χ1v) is 5.91. The molecule has 0 unspecified atom stereocenters. The molecule has 1 aromatic carbocycles. The predicted molar refractivity (Wildman–Crippen MR) is 64.4 cm³/mol. The van der Waals surface area contributed by atoms with Gasteiger partial charge in [0.2, 0.25) is 0 Å². The van der Waals surface area contributed by atoms with E-state index >= 15 is 0 Å². The third kappa shape index (κ3) is 2.16. The largest absolute Gasteiger partial charge is 0.340 e. The number of aryl methyl sites for hydroxylation is 1. The van der Waals surface area contributed by atoms with Gasteiger partial charge in [-0.1, -0.05) is 15.9 Å². The van der Waals surface area contributed by atoms with Crippen molar-refractivity contribution in [3.8, 4) is 0 Å². The summed E-state index contributed by atoms with van der Waals surface area (Å²) in [6.45, 7) is 1.88. The highest BCUT2D eigenvalue weighted by molar-refractivity contribution is 9.10. The average molecular weight is 282 g/mol. The Morgan fingerprint density at radius 1 is 1.50 bits per heavy atom. The molecule has 1 aliphatic rings. The van der Waals surface area contributed by atoms with Gasteiger partial charge in [0.15, 0.2) is 0 Å². The van der Waals surface area contributed by atoms with Crippen molar-refractivity contribution in [3.05, 3.63) is 33.8 Å². The first-order chi connectivity index (χ1) is 7.56. The van der Waals surface area contributed by atoms with Gasteiger partial charge >= 0.3 is 0 Å². The van der Waals surface area contributed by atoms with Gasteiger partial charge in [-0.2, -0.15) is 0 Å². The van der Waals surface area contributed by atoms with Crippen LogP contribution >= 0.6 is 15.9 Å². The van der Waals surface area contributed by atoms with Crippen molar-refractivity contribution in [1.82, 2.24) is 5.32 Å². The minimum absolute atomic E-state index is 0.172. The number of aldehydes is 1. The molecule has 4 heteroatoms. The smallest absolute Gasteiger partial charge is 0.252 e. The van der Waals surface area contributed by atoms with Gasteiger partial charge in [0.25, 0.3) is 5.91 Å². The van der Waals surface area contributed by atoms with Gasteiger partial charge in [0.1, 0.15) is 6.29 Å². The summed E-state index contributed by atoms with van der Waals surface area (Å²) in [6.07, 6.45) is 2.33. The van der Waals surface area contributed by atoms with Crippen molar-refractivity contribution >= 4 is 28.1 Å². The van der Waals surface area contributed by atoms with Gasteiger partial charge in [-0.15, -0.1) is 0 Å². The normalized spacial score (nSPS) is 16.6. The molecule has 1 amide bonds. The van der Waals surface area contributed by atoms with E-state index in [4.69, 9.17) is 0 Å². The van der Waals surface area contributed by atoms with Crippen molar-refractivity contribution in [2.45, 2.75) is 25.3 Å². The van der Waals surface area contributed by atoms with E-state index in [9.17, 15) is 9.59 Å². The monoisotopic (exact) mass is 281 g/mol. The van der Waals surface area contributed by atoms with Crippen LogP contribution in [0.1, 0.15) is 28.8 Å². The molecule has 0 aliphatic heterocycles. The highest BCUT2D eigenvalue weighted by atomic mass is 79.9. The highest BCUT2D eigenvalue weighted by Crippen LogP contribution is 2.33. The Balaban J connectivity index is 2.18. The van der Waals surface area contributed by atoms with E-state index in [0.717, 1.165) is 29.2 Å². The van der Waals surface area contributed by atoms with E-state index in [1.807, 2.05) is 19.1 Å². The number of amides is 1. The average Bonchev–Trinajstić information content (AvgIpc) is 2.98. The van der Waals surface area contributed by atoms with Gasteiger partial charge in [-0.05, 0) is 43.5 Å². The molecule has 2 rings (SSSR count). The Kier molecular flexibility index (Phi) is 2.84. The Morgan fingerprint density at radius 2 is 2.19 bits per heavy atom. The van der Waals surface area contributed by atoms with Crippen molar-refractivity contribution < 1.29 is 9.59 Å². The van der Waals surface area contributed by atoms with Crippen LogP contribution in [0, 0.1) is 6.92 Å². The Hall–Kier alpha value is -1.16. The maximum atomic E-state index is 11.9. The summed E-state index contributed by atoms with van der Waals surface area (Å²) in [5.74, 6) is -0.172. The number of benzene rings is 1. The van der Waals surface area contributed by atoms with Crippen LogP contribution in [0.4, 0.5) is 0 Å². The molecule has 0 atom stereocenters. The van der Waals surface area contributed by atoms with Crippen molar-refractivity contribution in [2.24, 2.45) is 0 Å². The minimum Gasteiger partial charge on any atom is -0.340 e. The topological polar surface area (TPSA) is 46.2 Å². The summed E-state index contributed by atoms with van der Waals surface area (Å²) in [6, 6.07) is 5.47. The first-order valence-electron chi connectivity index (χ1n) is 5.11. The summed E-state index contributed by atoms with van der Waals surface area (Å²) < 4.78 is 0.943. The zero-order valence-corrected chi connectivity index (χ0v) is 10.5. The Labute approximate surface area is 102 Å². The lowest BCUT2D eigenvalue weighted by Crippen LogP contribution is -2.38. The predicted octanol–water partition coefficient (Wildman–Crippen LogP) is 2.22. The second kappa shape index (κ2) is 4.01. The van der Waals surface area contributed by atoms with E-state index in [-0.39, 0.29) is 5.91 Å². The maximum Gasteiger partial charge on any atom is 0.252 e. The molecule has 0 radical (unpaired) electrons. The molecule has 0 bridgehead atoms. The van der Waals surface area contributed by atoms with Crippen LogP contribution in [0.15, 0.2) is 22.7 Å². The molecule has 0 aromatic heterocycles. The zero-order chi connectivity index (χ0) is 11.8. The Morgan fingerprint density at radius 3 is 2.69 bits per heavy atom. The summed E-state index contributed by atoms with van der Waals surface area (Å²) in [5.41, 5.74) is 0.932. The molecule has 1 aromatic rings. The molecule has 1 saturated carbocycles. The molecule has 1 aliphatic carbocycles. The number of rotatable bonds is 3. The number of hydrogen-bond acceptors (Lipinski definition) is 2. The zero-order valence-electron chi connectivity index (χ0n) is 8.92. The second-order valence-corrected chi connectivity index (χ2v) is 5.10. The SMILES string of the molecule is Cc1cc(Br)ccc1C(=O)NC1(C=O)CC1. The molecule has 1 N–H and O–H groups in total. The van der Waals surface area contributed by atoms with E-state index < -0.39 is 5.54 Å². The minimum atomic E-state index is -0.587. The van der Waals surface area contributed by atoms with Gasteiger partial charge in [0, 0.05) is 10.0 Å².